The third kappa shape index (κ3) is 4.39. The Morgan fingerprint density at radius 2 is 1.44 bits per heavy atom. The summed E-state index contributed by atoms with van der Waals surface area (Å²) in [5.41, 5.74) is 8.88. The van der Waals surface area contributed by atoms with E-state index >= 15 is 0 Å². The van der Waals surface area contributed by atoms with Crippen molar-refractivity contribution in [2.24, 2.45) is 4.99 Å². The molecule has 0 heterocycles. The Balaban J connectivity index is 1.47. The summed E-state index contributed by atoms with van der Waals surface area (Å²) in [4.78, 5) is 4.66. The third-order valence-corrected chi connectivity index (χ3v) is 9.36. The van der Waals surface area contributed by atoms with Crippen LogP contribution in [0.2, 0.25) is 13.1 Å². The van der Waals surface area contributed by atoms with Crippen LogP contribution in [0.3, 0.4) is 0 Å². The molecule has 0 radical (unpaired) electrons. The molecule has 0 bridgehead atoms. The molecule has 2 nitrogen and oxygen atoms in total. The molecule has 0 saturated carbocycles. The summed E-state index contributed by atoms with van der Waals surface area (Å²) < 4.78 is 6.88. The molecule has 34 heavy (non-hydrogen) atoms. The van der Waals surface area contributed by atoms with Gasteiger partial charge in [-0.3, -0.25) is 4.99 Å². The molecule has 0 N–H and O–H groups in total. The van der Waals surface area contributed by atoms with E-state index in [1.54, 1.807) is 0 Å². The first kappa shape index (κ1) is 22.1. The van der Waals surface area contributed by atoms with Gasteiger partial charge in [-0.25, -0.2) is 0 Å². The van der Waals surface area contributed by atoms with Crippen molar-refractivity contribution in [3.8, 4) is 16.9 Å². The van der Waals surface area contributed by atoms with Crippen molar-refractivity contribution in [3.05, 3.63) is 125 Å². The molecule has 4 aromatic rings. The number of fused-ring (bicyclic) bond motifs is 1. The Bertz CT molecular complexity index is 1360. The van der Waals surface area contributed by atoms with Crippen LogP contribution >= 0.6 is 0 Å². The molecule has 168 valence electrons. The van der Waals surface area contributed by atoms with Gasteiger partial charge in [-0.05, 0) is 66.5 Å². The van der Waals surface area contributed by atoms with Crippen LogP contribution in [0.1, 0.15) is 29.2 Å². The molecule has 1 aliphatic rings. The van der Waals surface area contributed by atoms with Gasteiger partial charge in [0.2, 0.25) is 0 Å². The smallest absolute Gasteiger partial charge is 0.256 e. The average molecular weight is 460 g/mol. The first-order chi connectivity index (χ1) is 16.5. The highest BCUT2D eigenvalue weighted by atomic mass is 28.4. The second-order valence-corrected chi connectivity index (χ2v) is 13.3. The zero-order valence-electron chi connectivity index (χ0n) is 19.9. The summed E-state index contributed by atoms with van der Waals surface area (Å²) in [7, 11) is -2.22. The zero-order chi connectivity index (χ0) is 23.5. The molecule has 1 unspecified atom stereocenters. The summed E-state index contributed by atoms with van der Waals surface area (Å²) >= 11 is 0. The Morgan fingerprint density at radius 3 is 2.21 bits per heavy atom. The minimum atomic E-state index is -2.22. The number of nitrogens with zero attached hydrogens (tertiary/aromatic N) is 1. The minimum Gasteiger partial charge on any atom is -0.543 e. The first-order valence-corrected chi connectivity index (χ1v) is 14.8. The fraction of sp³-hybridized carbons (Fsp3) is 0.129. The molecule has 1 atom stereocenters. The van der Waals surface area contributed by atoms with Gasteiger partial charge in [0.15, 0.2) is 0 Å². The van der Waals surface area contributed by atoms with Gasteiger partial charge in [-0.2, -0.15) is 0 Å². The van der Waals surface area contributed by atoms with Gasteiger partial charge >= 0.3 is 0 Å². The first-order valence-electron chi connectivity index (χ1n) is 11.8. The second-order valence-electron chi connectivity index (χ2n) is 9.33. The summed E-state index contributed by atoms with van der Waals surface area (Å²) in [6.45, 7) is 6.90. The lowest BCUT2D eigenvalue weighted by molar-refractivity contribution is 0.536. The van der Waals surface area contributed by atoms with Crippen LogP contribution in [-0.4, -0.2) is 14.5 Å². The summed E-state index contributed by atoms with van der Waals surface area (Å²) in [5.74, 6) is 0.902. The quantitative estimate of drug-likeness (QED) is 0.209. The normalized spacial score (nSPS) is 15.3. The van der Waals surface area contributed by atoms with Crippen LogP contribution in [0.5, 0.6) is 5.75 Å². The average Bonchev–Trinajstić information content (AvgIpc) is 3.21. The highest BCUT2D eigenvalue weighted by molar-refractivity contribution is 6.74. The van der Waals surface area contributed by atoms with Crippen LogP contribution in [0, 0.1) is 0 Å². The molecule has 0 fully saturated rings. The summed E-state index contributed by atoms with van der Waals surface area (Å²) in [5, 5.41) is 0. The van der Waals surface area contributed by atoms with Crippen molar-refractivity contribution in [3.63, 3.8) is 0 Å². The number of hydrogen-bond acceptors (Lipinski definition) is 2. The molecule has 0 spiro atoms. The van der Waals surface area contributed by atoms with E-state index in [1.165, 1.54) is 27.8 Å². The van der Waals surface area contributed by atoms with Crippen molar-refractivity contribution in [1.29, 1.82) is 0 Å². The largest absolute Gasteiger partial charge is 0.543 e. The van der Waals surface area contributed by atoms with E-state index in [2.05, 4.69) is 91.7 Å². The SMILES string of the molecule is CC1=Cc2c(-c3ccccc3)cccc2C1[Si](C)(C)Oc1ccccc1C=Nc1ccccc1. The fourth-order valence-corrected chi connectivity index (χ4v) is 8.08. The van der Waals surface area contributed by atoms with Crippen LogP contribution < -0.4 is 4.43 Å². The molecule has 0 aromatic heterocycles. The van der Waals surface area contributed by atoms with Gasteiger partial charge in [0, 0.05) is 17.3 Å². The zero-order valence-corrected chi connectivity index (χ0v) is 20.9. The van der Waals surface area contributed by atoms with Gasteiger partial charge in [0.25, 0.3) is 8.32 Å². The van der Waals surface area contributed by atoms with E-state index in [4.69, 9.17) is 4.43 Å². The molecule has 3 heteroatoms. The molecular formula is C31H29NOSi. The van der Waals surface area contributed by atoms with E-state index in [1.807, 2.05) is 48.7 Å². The standard InChI is InChI=1S/C31H29NOSi/c1-23-21-29-27(24-13-6-4-7-14-24)18-12-19-28(29)31(23)34(2,3)33-30-20-11-10-15-25(30)22-32-26-16-8-5-9-17-26/h4-22,31H,1-3H3. The molecule has 5 rings (SSSR count). The number of hydrogen-bond donors (Lipinski definition) is 0. The lowest BCUT2D eigenvalue weighted by atomic mass is 9.97. The Hall–Kier alpha value is -3.69. The monoisotopic (exact) mass is 459 g/mol. The van der Waals surface area contributed by atoms with Crippen molar-refractivity contribution in [2.75, 3.05) is 0 Å². The van der Waals surface area contributed by atoms with Crippen LogP contribution in [-0.2, 0) is 0 Å². The highest BCUT2D eigenvalue weighted by Crippen LogP contribution is 2.46. The maximum Gasteiger partial charge on any atom is 0.256 e. The predicted octanol–water partition coefficient (Wildman–Crippen LogP) is 8.43. The van der Waals surface area contributed by atoms with E-state index in [0.29, 0.717) is 5.54 Å². The Labute approximate surface area is 203 Å². The summed E-state index contributed by atoms with van der Waals surface area (Å²) in [6, 6.07) is 35.6. The molecular weight excluding hydrogens is 430 g/mol. The number of rotatable bonds is 6. The van der Waals surface area contributed by atoms with E-state index in [9.17, 15) is 0 Å². The van der Waals surface area contributed by atoms with Crippen LogP contribution in [0.15, 0.2) is 114 Å². The minimum absolute atomic E-state index is 0.297. The number of aliphatic imine (C=N–C) groups is 1. The van der Waals surface area contributed by atoms with Gasteiger partial charge in [0.1, 0.15) is 5.75 Å². The van der Waals surface area contributed by atoms with Gasteiger partial charge in [-0.15, -0.1) is 0 Å². The van der Waals surface area contributed by atoms with Crippen molar-refractivity contribution in [2.45, 2.75) is 25.6 Å². The topological polar surface area (TPSA) is 21.6 Å². The van der Waals surface area contributed by atoms with E-state index in [-0.39, 0.29) is 0 Å². The van der Waals surface area contributed by atoms with Crippen molar-refractivity contribution >= 4 is 26.3 Å². The number of para-hydroxylation sites is 2. The summed E-state index contributed by atoms with van der Waals surface area (Å²) in [6.07, 6.45) is 4.27. The van der Waals surface area contributed by atoms with E-state index in [0.717, 1.165) is 17.0 Å². The van der Waals surface area contributed by atoms with Crippen molar-refractivity contribution in [1.82, 2.24) is 0 Å². The number of allylic oxidation sites excluding steroid dienone is 1. The van der Waals surface area contributed by atoms with Crippen LogP contribution in [0.4, 0.5) is 5.69 Å². The third-order valence-electron chi connectivity index (χ3n) is 6.46. The van der Waals surface area contributed by atoms with Crippen LogP contribution in [0.25, 0.3) is 17.2 Å². The highest BCUT2D eigenvalue weighted by Gasteiger charge is 2.42. The molecule has 0 aliphatic heterocycles. The molecule has 1 aliphatic carbocycles. The lowest BCUT2D eigenvalue weighted by Gasteiger charge is -2.33. The lowest BCUT2D eigenvalue weighted by Crippen LogP contribution is -2.42. The maximum atomic E-state index is 6.88. The maximum absolute atomic E-state index is 6.88. The van der Waals surface area contributed by atoms with Gasteiger partial charge in [0.05, 0.1) is 5.69 Å². The molecule has 4 aromatic carbocycles. The fourth-order valence-electron chi connectivity index (χ4n) is 5.02. The second kappa shape index (κ2) is 9.28. The van der Waals surface area contributed by atoms with Crippen molar-refractivity contribution < 1.29 is 4.43 Å². The molecule has 0 amide bonds. The van der Waals surface area contributed by atoms with Gasteiger partial charge < -0.3 is 4.43 Å². The van der Waals surface area contributed by atoms with Gasteiger partial charge in [-0.1, -0.05) is 90.5 Å². The number of benzene rings is 4. The Kier molecular flexibility index (Phi) is 6.04. The Morgan fingerprint density at radius 1 is 0.765 bits per heavy atom. The van der Waals surface area contributed by atoms with E-state index < -0.39 is 8.32 Å². The molecule has 0 saturated heterocycles. The predicted molar refractivity (Wildman–Crippen MR) is 147 cm³/mol.